The quantitative estimate of drug-likeness (QED) is 0.830. The van der Waals surface area contributed by atoms with E-state index in [1.54, 1.807) is 0 Å². The van der Waals surface area contributed by atoms with Crippen molar-refractivity contribution in [2.45, 2.75) is 65.2 Å². The predicted octanol–water partition coefficient (Wildman–Crippen LogP) is 1.99. The van der Waals surface area contributed by atoms with Gasteiger partial charge in [-0.3, -0.25) is 14.4 Å². The van der Waals surface area contributed by atoms with Gasteiger partial charge in [-0.25, -0.2) is 4.98 Å². The third-order valence-electron chi connectivity index (χ3n) is 5.48. The normalized spacial score (nSPS) is 18.2. The van der Waals surface area contributed by atoms with Crippen molar-refractivity contribution in [1.29, 1.82) is 0 Å². The molecule has 1 fully saturated rings. The molecule has 2 aromatic heterocycles. The minimum Gasteiger partial charge on any atom is -0.351 e. The van der Waals surface area contributed by atoms with Gasteiger partial charge in [0.05, 0.1) is 24.5 Å². The molecule has 3 heterocycles. The summed E-state index contributed by atoms with van der Waals surface area (Å²) in [5, 5.41) is 7.39. The third kappa shape index (κ3) is 4.15. The summed E-state index contributed by atoms with van der Waals surface area (Å²) < 4.78 is 2.06. The number of aromatic nitrogens is 4. The van der Waals surface area contributed by atoms with Crippen LogP contribution in [0.15, 0.2) is 12.3 Å². The number of nitrogens with zero attached hydrogens (tertiary/aromatic N) is 4. The Morgan fingerprint density at radius 2 is 2.19 bits per heavy atom. The molecule has 26 heavy (non-hydrogen) atoms. The summed E-state index contributed by atoms with van der Waals surface area (Å²) in [5.41, 5.74) is 3.34. The molecule has 2 N–H and O–H groups in total. The lowest BCUT2D eigenvalue weighted by atomic mass is 10.0. The molecule has 0 atom stereocenters. The van der Waals surface area contributed by atoms with Crippen LogP contribution in [0.5, 0.6) is 0 Å². The van der Waals surface area contributed by atoms with Gasteiger partial charge in [0.25, 0.3) is 0 Å². The number of fused-ring (bicyclic) bond motifs is 1. The molecule has 0 saturated heterocycles. The van der Waals surface area contributed by atoms with Gasteiger partial charge in [0.2, 0.25) is 5.91 Å². The maximum absolute atomic E-state index is 11.1. The van der Waals surface area contributed by atoms with Gasteiger partial charge in [0.15, 0.2) is 0 Å². The van der Waals surface area contributed by atoms with Crippen molar-refractivity contribution in [2.75, 3.05) is 6.54 Å². The Balaban J connectivity index is 1.32. The molecule has 140 valence electrons. The van der Waals surface area contributed by atoms with Crippen LogP contribution >= 0.6 is 0 Å². The molecule has 4 rings (SSSR count). The second kappa shape index (κ2) is 7.61. The summed E-state index contributed by atoms with van der Waals surface area (Å²) in [6, 6.07) is 2.10. The predicted molar refractivity (Wildman–Crippen MR) is 98.1 cm³/mol. The van der Waals surface area contributed by atoms with Crippen molar-refractivity contribution in [3.05, 3.63) is 35.2 Å². The molecule has 1 amide bonds. The average molecular weight is 356 g/mol. The Labute approximate surface area is 154 Å². The van der Waals surface area contributed by atoms with Crippen LogP contribution in [0.3, 0.4) is 0 Å². The number of aromatic amines is 1. The molecule has 1 aliphatic carbocycles. The summed E-state index contributed by atoms with van der Waals surface area (Å²) in [7, 11) is 0. The molecule has 2 aromatic rings. The molecule has 1 saturated carbocycles. The van der Waals surface area contributed by atoms with E-state index in [1.807, 2.05) is 6.20 Å². The lowest BCUT2D eigenvalue weighted by Crippen LogP contribution is -2.33. The Hall–Kier alpha value is -2.15. The third-order valence-corrected chi connectivity index (χ3v) is 5.48. The van der Waals surface area contributed by atoms with Crippen LogP contribution in [0.1, 0.15) is 55.5 Å². The minimum atomic E-state index is -0.0229. The van der Waals surface area contributed by atoms with Crippen molar-refractivity contribution in [3.63, 3.8) is 0 Å². The first kappa shape index (κ1) is 17.3. The van der Waals surface area contributed by atoms with E-state index in [9.17, 15) is 4.79 Å². The SMILES string of the molecule is CC(=O)NCc1cc2n(n1)CCN(Cc1cnc(CC3CCCC3)[nH]1)C2. The van der Waals surface area contributed by atoms with Crippen molar-refractivity contribution in [2.24, 2.45) is 5.92 Å². The topological polar surface area (TPSA) is 78.8 Å². The number of hydrogen-bond acceptors (Lipinski definition) is 4. The Morgan fingerprint density at radius 3 is 3.00 bits per heavy atom. The molecular weight excluding hydrogens is 328 g/mol. The zero-order valence-electron chi connectivity index (χ0n) is 15.5. The highest BCUT2D eigenvalue weighted by Crippen LogP contribution is 2.27. The number of H-pyrrole nitrogens is 1. The van der Waals surface area contributed by atoms with Crippen molar-refractivity contribution in [1.82, 2.24) is 30.0 Å². The van der Waals surface area contributed by atoms with Crippen LogP contribution in [0.4, 0.5) is 0 Å². The van der Waals surface area contributed by atoms with Crippen LogP contribution in [0.25, 0.3) is 0 Å². The molecule has 0 bridgehead atoms. The van der Waals surface area contributed by atoms with E-state index >= 15 is 0 Å². The lowest BCUT2D eigenvalue weighted by molar-refractivity contribution is -0.119. The number of rotatable bonds is 6. The van der Waals surface area contributed by atoms with E-state index < -0.39 is 0 Å². The van der Waals surface area contributed by atoms with Crippen molar-refractivity contribution >= 4 is 5.91 Å². The maximum Gasteiger partial charge on any atom is 0.217 e. The largest absolute Gasteiger partial charge is 0.351 e. The van der Waals surface area contributed by atoms with E-state index in [2.05, 4.69) is 36.0 Å². The van der Waals surface area contributed by atoms with Gasteiger partial charge in [-0.05, 0) is 12.0 Å². The number of carbonyl (C=O) groups is 1. The highest BCUT2D eigenvalue weighted by Gasteiger charge is 2.20. The van der Waals surface area contributed by atoms with E-state index in [0.29, 0.717) is 6.54 Å². The summed E-state index contributed by atoms with van der Waals surface area (Å²) in [4.78, 5) is 21.6. The smallest absolute Gasteiger partial charge is 0.217 e. The summed E-state index contributed by atoms with van der Waals surface area (Å²) >= 11 is 0. The van der Waals surface area contributed by atoms with Crippen LogP contribution in [0.2, 0.25) is 0 Å². The number of hydrogen-bond donors (Lipinski definition) is 2. The van der Waals surface area contributed by atoms with Gasteiger partial charge in [-0.2, -0.15) is 5.10 Å². The van der Waals surface area contributed by atoms with E-state index in [4.69, 9.17) is 0 Å². The fourth-order valence-corrected chi connectivity index (χ4v) is 4.14. The molecule has 0 unspecified atom stereocenters. The first-order chi connectivity index (χ1) is 12.7. The Bertz CT molecular complexity index is 758. The molecule has 0 radical (unpaired) electrons. The Kier molecular flexibility index (Phi) is 5.06. The van der Waals surface area contributed by atoms with Crippen LogP contribution in [-0.4, -0.2) is 37.1 Å². The molecule has 7 nitrogen and oxygen atoms in total. The monoisotopic (exact) mass is 356 g/mol. The highest BCUT2D eigenvalue weighted by atomic mass is 16.1. The van der Waals surface area contributed by atoms with Crippen LogP contribution in [0, 0.1) is 5.92 Å². The standard InChI is InChI=1S/C19H28N6O/c1-14(26)20-10-16-9-18-13-24(6-7-25(18)23-16)12-17-11-21-19(22-17)8-15-4-2-3-5-15/h9,11,15H,2-8,10,12-13H2,1H3,(H,20,26)(H,21,22). The first-order valence-electron chi connectivity index (χ1n) is 9.71. The van der Waals surface area contributed by atoms with Gasteiger partial charge < -0.3 is 10.3 Å². The van der Waals surface area contributed by atoms with Crippen LogP contribution < -0.4 is 5.32 Å². The zero-order chi connectivity index (χ0) is 17.9. The maximum atomic E-state index is 11.1. The summed E-state index contributed by atoms with van der Waals surface area (Å²) in [6.45, 7) is 5.67. The van der Waals surface area contributed by atoms with Gasteiger partial charge in [-0.1, -0.05) is 25.7 Å². The number of nitrogens with one attached hydrogen (secondary N) is 2. The molecule has 0 aromatic carbocycles. The lowest BCUT2D eigenvalue weighted by Gasteiger charge is -2.26. The molecule has 7 heteroatoms. The van der Waals surface area contributed by atoms with E-state index in [0.717, 1.165) is 50.0 Å². The van der Waals surface area contributed by atoms with E-state index in [-0.39, 0.29) is 5.91 Å². The molecule has 0 spiro atoms. The zero-order valence-corrected chi connectivity index (χ0v) is 15.5. The fourth-order valence-electron chi connectivity index (χ4n) is 4.14. The molecule has 1 aliphatic heterocycles. The van der Waals surface area contributed by atoms with E-state index in [1.165, 1.54) is 44.0 Å². The second-order valence-corrected chi connectivity index (χ2v) is 7.68. The second-order valence-electron chi connectivity index (χ2n) is 7.68. The van der Waals surface area contributed by atoms with Gasteiger partial charge >= 0.3 is 0 Å². The van der Waals surface area contributed by atoms with Crippen molar-refractivity contribution < 1.29 is 4.79 Å². The number of carbonyl (C=O) groups excluding carboxylic acids is 1. The van der Waals surface area contributed by atoms with Crippen LogP contribution in [-0.2, 0) is 37.4 Å². The number of imidazole rings is 1. The van der Waals surface area contributed by atoms with Gasteiger partial charge in [0, 0.05) is 44.9 Å². The van der Waals surface area contributed by atoms with Gasteiger partial charge in [0.1, 0.15) is 5.82 Å². The summed E-state index contributed by atoms with van der Waals surface area (Å²) in [5.74, 6) is 1.94. The number of amides is 1. The van der Waals surface area contributed by atoms with Crippen molar-refractivity contribution in [3.8, 4) is 0 Å². The average Bonchev–Trinajstić information content (AvgIpc) is 3.34. The first-order valence-corrected chi connectivity index (χ1v) is 9.71. The van der Waals surface area contributed by atoms with Gasteiger partial charge in [-0.15, -0.1) is 0 Å². The fraction of sp³-hybridized carbons (Fsp3) is 0.632. The highest BCUT2D eigenvalue weighted by molar-refractivity contribution is 5.72. The summed E-state index contributed by atoms with van der Waals surface area (Å²) in [6.07, 6.45) is 8.56. The minimum absolute atomic E-state index is 0.0229. The Morgan fingerprint density at radius 1 is 1.35 bits per heavy atom. The molecule has 2 aliphatic rings. The molecular formula is C19H28N6O.